The zero-order valence-corrected chi connectivity index (χ0v) is 17.1. The number of rotatable bonds is 7. The molecule has 1 aromatic rings. The van der Waals surface area contributed by atoms with E-state index >= 15 is 0 Å². The summed E-state index contributed by atoms with van der Waals surface area (Å²) in [5.74, 6) is -0.659. The van der Waals surface area contributed by atoms with Gasteiger partial charge in [-0.2, -0.15) is 0 Å². The minimum absolute atomic E-state index is 0.00394. The molecule has 3 rings (SSSR count). The second kappa shape index (κ2) is 9.37. The Kier molecular flexibility index (Phi) is 6.87. The molecular formula is C22H30FN3O3. The third kappa shape index (κ3) is 5.55. The average molecular weight is 403 g/mol. The summed E-state index contributed by atoms with van der Waals surface area (Å²) in [6.45, 7) is 5.13. The molecule has 2 fully saturated rings. The number of likely N-dealkylation sites (tertiary alicyclic amines) is 1. The SMILES string of the molecule is CC[C@H](C)NC(=O)[C@@H](NC(=O)c1ccc(F)cc1)C1CCN(C(=O)C2CC2)CC1. The number of carbonyl (C=O) groups is 3. The van der Waals surface area contributed by atoms with Crippen molar-refractivity contribution in [3.05, 3.63) is 35.6 Å². The molecule has 0 aromatic heterocycles. The molecule has 1 saturated carbocycles. The van der Waals surface area contributed by atoms with Crippen molar-refractivity contribution in [2.45, 2.75) is 58.0 Å². The van der Waals surface area contributed by atoms with Crippen molar-refractivity contribution >= 4 is 17.7 Å². The van der Waals surface area contributed by atoms with Crippen LogP contribution >= 0.6 is 0 Å². The normalized spacial score (nSPS) is 19.3. The molecule has 2 aliphatic rings. The fourth-order valence-electron chi connectivity index (χ4n) is 3.70. The molecule has 2 N–H and O–H groups in total. The van der Waals surface area contributed by atoms with Gasteiger partial charge in [-0.1, -0.05) is 6.92 Å². The van der Waals surface area contributed by atoms with E-state index in [-0.39, 0.29) is 29.7 Å². The fraction of sp³-hybridized carbons (Fsp3) is 0.591. The first kappa shape index (κ1) is 21.3. The van der Waals surface area contributed by atoms with E-state index in [1.165, 1.54) is 24.3 Å². The number of hydrogen-bond acceptors (Lipinski definition) is 3. The topological polar surface area (TPSA) is 78.5 Å². The van der Waals surface area contributed by atoms with Gasteiger partial charge in [-0.3, -0.25) is 14.4 Å². The first-order valence-corrected chi connectivity index (χ1v) is 10.5. The highest BCUT2D eigenvalue weighted by atomic mass is 19.1. The first-order chi connectivity index (χ1) is 13.9. The summed E-state index contributed by atoms with van der Waals surface area (Å²) < 4.78 is 13.1. The standard InChI is InChI=1S/C22H30FN3O3/c1-3-14(2)24-21(28)19(25-20(27)16-6-8-18(23)9-7-16)15-10-12-26(13-11-15)22(29)17-4-5-17/h6-9,14-15,17,19H,3-5,10-13H2,1-2H3,(H,24,28)(H,25,27)/t14-,19-/m0/s1. The highest BCUT2D eigenvalue weighted by Crippen LogP contribution is 2.33. The van der Waals surface area contributed by atoms with Gasteiger partial charge in [0, 0.05) is 30.6 Å². The summed E-state index contributed by atoms with van der Waals surface area (Å²) >= 11 is 0. The highest BCUT2D eigenvalue weighted by molar-refractivity contribution is 5.97. The molecule has 0 spiro atoms. The molecule has 2 atom stereocenters. The molecule has 1 aromatic carbocycles. The Balaban J connectivity index is 1.67. The molecule has 7 heteroatoms. The Morgan fingerprint density at radius 3 is 2.24 bits per heavy atom. The average Bonchev–Trinajstić information content (AvgIpc) is 3.57. The van der Waals surface area contributed by atoms with Gasteiger partial charge in [-0.25, -0.2) is 4.39 Å². The van der Waals surface area contributed by atoms with Gasteiger partial charge in [-0.05, 0) is 69.2 Å². The van der Waals surface area contributed by atoms with Gasteiger partial charge in [0.1, 0.15) is 11.9 Å². The quantitative estimate of drug-likeness (QED) is 0.734. The van der Waals surface area contributed by atoms with Crippen molar-refractivity contribution in [3.8, 4) is 0 Å². The molecule has 158 valence electrons. The van der Waals surface area contributed by atoms with E-state index in [4.69, 9.17) is 0 Å². The van der Waals surface area contributed by atoms with Crippen LogP contribution in [0.25, 0.3) is 0 Å². The van der Waals surface area contributed by atoms with Crippen molar-refractivity contribution in [1.82, 2.24) is 15.5 Å². The van der Waals surface area contributed by atoms with E-state index < -0.39 is 17.8 Å². The van der Waals surface area contributed by atoms with Gasteiger partial charge in [-0.15, -0.1) is 0 Å². The number of amides is 3. The van der Waals surface area contributed by atoms with Gasteiger partial charge in [0.05, 0.1) is 0 Å². The molecular weight excluding hydrogens is 373 g/mol. The van der Waals surface area contributed by atoms with Crippen molar-refractivity contribution in [1.29, 1.82) is 0 Å². The molecule has 1 aliphatic carbocycles. The third-order valence-corrected chi connectivity index (χ3v) is 5.93. The van der Waals surface area contributed by atoms with Gasteiger partial charge in [0.15, 0.2) is 0 Å². The predicted octanol–water partition coefficient (Wildman–Crippen LogP) is 2.49. The van der Waals surface area contributed by atoms with E-state index in [9.17, 15) is 18.8 Å². The van der Waals surface area contributed by atoms with E-state index in [2.05, 4.69) is 10.6 Å². The Morgan fingerprint density at radius 1 is 1.07 bits per heavy atom. The molecule has 1 aliphatic heterocycles. The minimum atomic E-state index is -0.681. The zero-order valence-electron chi connectivity index (χ0n) is 17.1. The van der Waals surface area contributed by atoms with E-state index in [1.807, 2.05) is 18.7 Å². The van der Waals surface area contributed by atoms with Gasteiger partial charge >= 0.3 is 0 Å². The second-order valence-corrected chi connectivity index (χ2v) is 8.21. The number of piperidine rings is 1. The Hall–Kier alpha value is -2.44. The lowest BCUT2D eigenvalue weighted by Crippen LogP contribution is -2.55. The molecule has 29 heavy (non-hydrogen) atoms. The Morgan fingerprint density at radius 2 is 1.69 bits per heavy atom. The van der Waals surface area contributed by atoms with Crippen LogP contribution in [0.15, 0.2) is 24.3 Å². The summed E-state index contributed by atoms with van der Waals surface area (Å²) in [5, 5.41) is 5.81. The van der Waals surface area contributed by atoms with Crippen LogP contribution in [-0.4, -0.2) is 47.8 Å². The van der Waals surface area contributed by atoms with Crippen LogP contribution in [0.5, 0.6) is 0 Å². The first-order valence-electron chi connectivity index (χ1n) is 10.5. The molecule has 1 saturated heterocycles. The second-order valence-electron chi connectivity index (χ2n) is 8.21. The number of halogens is 1. The number of hydrogen-bond donors (Lipinski definition) is 2. The van der Waals surface area contributed by atoms with Gasteiger partial charge < -0.3 is 15.5 Å². The van der Waals surface area contributed by atoms with Crippen LogP contribution in [-0.2, 0) is 9.59 Å². The van der Waals surface area contributed by atoms with Crippen LogP contribution < -0.4 is 10.6 Å². The molecule has 3 amide bonds. The summed E-state index contributed by atoms with van der Waals surface area (Å²) in [4.78, 5) is 39.7. The van der Waals surface area contributed by atoms with Crippen LogP contribution in [0.4, 0.5) is 4.39 Å². The molecule has 0 radical (unpaired) electrons. The van der Waals surface area contributed by atoms with Crippen molar-refractivity contribution in [2.24, 2.45) is 11.8 Å². The van der Waals surface area contributed by atoms with Crippen LogP contribution in [0.1, 0.15) is 56.3 Å². The summed E-state index contributed by atoms with van der Waals surface area (Å²) in [6, 6.07) is 4.59. The maximum absolute atomic E-state index is 13.1. The van der Waals surface area contributed by atoms with E-state index in [0.29, 0.717) is 31.5 Å². The fourth-order valence-corrected chi connectivity index (χ4v) is 3.70. The molecule has 0 bridgehead atoms. The van der Waals surface area contributed by atoms with Crippen molar-refractivity contribution in [2.75, 3.05) is 13.1 Å². The molecule has 0 unspecified atom stereocenters. The highest BCUT2D eigenvalue weighted by Gasteiger charge is 2.38. The zero-order chi connectivity index (χ0) is 21.0. The maximum Gasteiger partial charge on any atom is 0.251 e. The van der Waals surface area contributed by atoms with E-state index in [0.717, 1.165) is 19.3 Å². The number of nitrogens with one attached hydrogen (secondary N) is 2. The summed E-state index contributed by atoms with van der Waals surface area (Å²) in [5.41, 5.74) is 0.314. The van der Waals surface area contributed by atoms with Crippen molar-refractivity contribution < 1.29 is 18.8 Å². The monoisotopic (exact) mass is 403 g/mol. The van der Waals surface area contributed by atoms with Crippen molar-refractivity contribution in [3.63, 3.8) is 0 Å². The Labute approximate surface area is 171 Å². The molecule has 6 nitrogen and oxygen atoms in total. The molecule has 1 heterocycles. The van der Waals surface area contributed by atoms with Crippen LogP contribution in [0.3, 0.4) is 0 Å². The predicted molar refractivity (Wildman–Crippen MR) is 108 cm³/mol. The Bertz CT molecular complexity index is 740. The number of benzene rings is 1. The number of nitrogens with zero attached hydrogens (tertiary/aromatic N) is 1. The lowest BCUT2D eigenvalue weighted by molar-refractivity contribution is -0.134. The summed E-state index contributed by atoms with van der Waals surface area (Å²) in [6.07, 6.45) is 4.08. The third-order valence-electron chi connectivity index (χ3n) is 5.93. The lowest BCUT2D eigenvalue weighted by atomic mass is 9.88. The van der Waals surface area contributed by atoms with E-state index in [1.54, 1.807) is 0 Å². The van der Waals surface area contributed by atoms with Crippen LogP contribution in [0.2, 0.25) is 0 Å². The largest absolute Gasteiger partial charge is 0.352 e. The number of carbonyl (C=O) groups excluding carboxylic acids is 3. The lowest BCUT2D eigenvalue weighted by Gasteiger charge is -2.36. The van der Waals surface area contributed by atoms with Gasteiger partial charge in [0.25, 0.3) is 5.91 Å². The minimum Gasteiger partial charge on any atom is -0.352 e. The van der Waals surface area contributed by atoms with Crippen LogP contribution in [0, 0.1) is 17.7 Å². The summed E-state index contributed by atoms with van der Waals surface area (Å²) in [7, 11) is 0. The smallest absolute Gasteiger partial charge is 0.251 e. The maximum atomic E-state index is 13.1. The van der Waals surface area contributed by atoms with Gasteiger partial charge in [0.2, 0.25) is 11.8 Å².